The van der Waals surface area contributed by atoms with Gasteiger partial charge in [-0.25, -0.2) is 0 Å². The molecule has 19 heteroatoms. The number of hydrogen-bond donors (Lipinski definition) is 1. The molecule has 43 heavy (non-hydrogen) atoms. The number of rotatable bonds is 4. The van der Waals surface area contributed by atoms with Gasteiger partial charge in [0.25, 0.3) is 5.69 Å². The van der Waals surface area contributed by atoms with Crippen molar-refractivity contribution in [1.82, 2.24) is 0 Å². The second-order valence-electron chi connectivity index (χ2n) is 7.48. The van der Waals surface area contributed by atoms with Crippen molar-refractivity contribution in [1.29, 1.82) is 0 Å². The van der Waals surface area contributed by atoms with Gasteiger partial charge in [0, 0.05) is 28.0 Å². The Morgan fingerprint density at radius 1 is 0.512 bits per heavy atom. The monoisotopic (exact) mass is 822 g/mol. The van der Waals surface area contributed by atoms with Gasteiger partial charge in [-0.05, 0) is 30.3 Å². The Bertz CT molecular complexity index is 1670. The molecule has 0 saturated carbocycles. The van der Waals surface area contributed by atoms with Crippen LogP contribution >= 0.6 is 140 Å². The molecule has 4 aromatic carbocycles. The predicted molar refractivity (Wildman–Crippen MR) is 181 cm³/mol. The molecule has 0 aliphatic heterocycles. The molecule has 0 saturated heterocycles. The van der Waals surface area contributed by atoms with E-state index in [0.717, 1.165) is 23.9 Å². The van der Waals surface area contributed by atoms with Crippen molar-refractivity contribution < 1.29 is 14.2 Å². The lowest BCUT2D eigenvalue weighted by atomic mass is 10.3. The van der Waals surface area contributed by atoms with Gasteiger partial charge in [-0.1, -0.05) is 128 Å². The van der Waals surface area contributed by atoms with Crippen molar-refractivity contribution in [3.05, 3.63) is 125 Å². The van der Waals surface area contributed by atoms with E-state index in [4.69, 9.17) is 116 Å². The van der Waals surface area contributed by atoms with Crippen molar-refractivity contribution in [3.8, 4) is 0 Å². The number of benzene rings is 4. The molecule has 0 aromatic heterocycles. The highest BCUT2D eigenvalue weighted by atomic mass is 35.5. The van der Waals surface area contributed by atoms with E-state index >= 15 is 0 Å². The first-order valence-corrected chi connectivity index (χ1v) is 15.6. The zero-order chi connectivity index (χ0) is 32.8. The highest BCUT2D eigenvalue weighted by Crippen LogP contribution is 2.43. The summed E-state index contributed by atoms with van der Waals surface area (Å²) in [6.07, 6.45) is 0. The first kappa shape index (κ1) is 38.4. The zero-order valence-electron chi connectivity index (χ0n) is 20.2. The summed E-state index contributed by atoms with van der Waals surface area (Å²) in [5.74, 6) is -0.991. The Hall–Kier alpha value is -0.790. The fraction of sp³-hybridized carbons (Fsp3) is 0. The minimum Gasteiger partial charge on any atom is -0.258 e. The van der Waals surface area contributed by atoms with Crippen LogP contribution in [0.2, 0.25) is 50.2 Å². The summed E-state index contributed by atoms with van der Waals surface area (Å²) in [5, 5.41) is 23.8. The highest BCUT2D eigenvalue weighted by Gasteiger charge is 2.20. The molecule has 228 valence electrons. The van der Waals surface area contributed by atoms with Crippen LogP contribution in [-0.2, 0) is 0 Å². The van der Waals surface area contributed by atoms with Crippen molar-refractivity contribution >= 4 is 152 Å². The number of halogens is 11. The lowest BCUT2D eigenvalue weighted by molar-refractivity contribution is -0.387. The van der Waals surface area contributed by atoms with Crippen LogP contribution in [-0.4, -0.2) is 9.85 Å². The van der Waals surface area contributed by atoms with Gasteiger partial charge in [-0.3, -0.25) is 20.2 Å². The Labute approximate surface area is 302 Å². The molecule has 0 amide bonds. The molecule has 0 atom stereocenters. The smallest absolute Gasteiger partial charge is 0.258 e. The predicted octanol–water partition coefficient (Wildman–Crippen LogP) is 14.0. The van der Waals surface area contributed by atoms with E-state index in [9.17, 15) is 24.6 Å². The molecule has 0 spiro atoms. The van der Waals surface area contributed by atoms with Gasteiger partial charge < -0.3 is 0 Å². The van der Waals surface area contributed by atoms with E-state index < -0.39 is 21.4 Å². The first-order valence-electron chi connectivity index (χ1n) is 10.5. The average Bonchev–Trinajstić information content (AvgIpc) is 2.90. The van der Waals surface area contributed by atoms with Gasteiger partial charge in [0.05, 0.1) is 65.0 Å². The molecule has 0 radical (unpaired) electrons. The van der Waals surface area contributed by atoms with Crippen LogP contribution in [0, 0.1) is 26.0 Å². The number of nitrogens with zero attached hydrogens (tertiary/aromatic N) is 2. The lowest BCUT2D eigenvalue weighted by Crippen LogP contribution is -1.92. The molecule has 4 rings (SSSR count). The summed E-state index contributed by atoms with van der Waals surface area (Å²) in [5.41, 5.74) is -0.846. The first-order chi connectivity index (χ1) is 19.9. The topological polar surface area (TPSA) is 86.3 Å². The summed E-state index contributed by atoms with van der Waals surface area (Å²) in [4.78, 5) is 21.3. The number of hydrogen-bond acceptors (Lipinski definition) is 6. The van der Waals surface area contributed by atoms with E-state index in [1.165, 1.54) is 24.3 Å². The molecule has 0 bridgehead atoms. The maximum absolute atomic E-state index is 12.7. The number of nitro benzene ring substituents is 2. The Morgan fingerprint density at radius 2 is 0.884 bits per heavy atom. The quantitative estimate of drug-likeness (QED) is 0.0958. The third-order valence-corrected chi connectivity index (χ3v) is 9.80. The van der Waals surface area contributed by atoms with E-state index in [2.05, 4.69) is 12.6 Å². The molecule has 0 fully saturated rings. The normalized spacial score (nSPS) is 10.3. The van der Waals surface area contributed by atoms with Crippen LogP contribution in [0.1, 0.15) is 0 Å². The highest BCUT2D eigenvalue weighted by molar-refractivity contribution is 7.99. The number of nitro groups is 2. The Kier molecular flexibility index (Phi) is 15.4. The Balaban J connectivity index is 0.000000248. The molecule has 0 N–H and O–H groups in total. The van der Waals surface area contributed by atoms with Gasteiger partial charge in [0.1, 0.15) is 0 Å². The molecular formula is C24H9Cl10FN2O4S2. The molecule has 0 heterocycles. The van der Waals surface area contributed by atoms with Crippen LogP contribution < -0.4 is 0 Å². The van der Waals surface area contributed by atoms with E-state index in [-0.39, 0.29) is 25.8 Å². The zero-order valence-corrected chi connectivity index (χ0v) is 29.4. The van der Waals surface area contributed by atoms with E-state index in [1.807, 2.05) is 0 Å². The van der Waals surface area contributed by atoms with E-state index in [1.54, 1.807) is 12.1 Å². The maximum atomic E-state index is 12.7. The standard InChI is InChI=1S/C12H4Cl5NO2S.C6H3Cl3S.C6H2Cl2FNO2/c13-5-1-9(17)11(3-7(5)15)21-12-4-8(16)6(14)2-10(12)18(19)20;7-3-1-5(9)6(10)2-4(3)8;7-3-1-5(9)6(10(11)12)2-4(3)8/h1-4H;1-2,10H;1-2H. The van der Waals surface area contributed by atoms with Gasteiger partial charge in [-0.2, -0.15) is 4.39 Å². The van der Waals surface area contributed by atoms with E-state index in [0.29, 0.717) is 44.8 Å². The summed E-state index contributed by atoms with van der Waals surface area (Å²) in [6, 6.07) is 10.5. The van der Waals surface area contributed by atoms with Crippen LogP contribution in [0.5, 0.6) is 0 Å². The molecule has 0 aliphatic rings. The summed E-state index contributed by atoms with van der Waals surface area (Å²) < 4.78 is 12.7. The van der Waals surface area contributed by atoms with Crippen LogP contribution in [0.4, 0.5) is 15.8 Å². The second kappa shape index (κ2) is 17.2. The SMILES string of the molecule is O=[N+]([O-])c1cc(Cl)c(Cl)cc1F.O=[N+]([O-])c1cc(Cl)c(Cl)cc1Sc1cc(Cl)c(Cl)cc1Cl.Sc1cc(Cl)c(Cl)cc1Cl. The van der Waals surface area contributed by atoms with Crippen molar-refractivity contribution in [2.24, 2.45) is 0 Å². The molecule has 0 unspecified atom stereocenters. The summed E-state index contributed by atoms with van der Waals surface area (Å²) >= 11 is 62.4. The molecular weight excluding hydrogens is 818 g/mol. The summed E-state index contributed by atoms with van der Waals surface area (Å²) in [7, 11) is 0. The van der Waals surface area contributed by atoms with Gasteiger partial charge in [-0.15, -0.1) is 12.6 Å². The van der Waals surface area contributed by atoms with Gasteiger partial charge >= 0.3 is 5.69 Å². The Morgan fingerprint density at radius 3 is 1.37 bits per heavy atom. The fourth-order valence-corrected chi connectivity index (χ4v) is 5.83. The van der Waals surface area contributed by atoms with Crippen LogP contribution in [0.25, 0.3) is 0 Å². The van der Waals surface area contributed by atoms with Crippen LogP contribution in [0.3, 0.4) is 0 Å². The minimum absolute atomic E-state index is 0.0373. The van der Waals surface area contributed by atoms with Crippen molar-refractivity contribution in [2.45, 2.75) is 14.7 Å². The third-order valence-electron chi connectivity index (χ3n) is 4.57. The lowest BCUT2D eigenvalue weighted by Gasteiger charge is -2.08. The van der Waals surface area contributed by atoms with Crippen LogP contribution in [0.15, 0.2) is 63.2 Å². The number of thiol groups is 1. The van der Waals surface area contributed by atoms with Gasteiger partial charge in [0.2, 0.25) is 5.82 Å². The molecule has 0 aliphatic carbocycles. The maximum Gasteiger partial charge on any atom is 0.306 e. The molecule has 6 nitrogen and oxygen atoms in total. The van der Waals surface area contributed by atoms with Crippen molar-refractivity contribution in [2.75, 3.05) is 0 Å². The summed E-state index contributed by atoms with van der Waals surface area (Å²) in [6.45, 7) is 0. The van der Waals surface area contributed by atoms with Gasteiger partial charge in [0.15, 0.2) is 0 Å². The largest absolute Gasteiger partial charge is 0.306 e. The average molecular weight is 827 g/mol. The minimum atomic E-state index is -0.991. The van der Waals surface area contributed by atoms with Crippen molar-refractivity contribution in [3.63, 3.8) is 0 Å². The molecule has 4 aromatic rings. The third kappa shape index (κ3) is 11.2. The second-order valence-corrected chi connectivity index (χ2v) is 13.1. The fourth-order valence-electron chi connectivity index (χ4n) is 2.61.